The first-order valence-electron chi connectivity index (χ1n) is 11.4. The van der Waals surface area contributed by atoms with Crippen LogP contribution >= 0.6 is 0 Å². The van der Waals surface area contributed by atoms with Gasteiger partial charge in [-0.15, -0.1) is 0 Å². The Morgan fingerprint density at radius 1 is 1.12 bits per heavy atom. The number of benzene rings is 1. The summed E-state index contributed by atoms with van der Waals surface area (Å²) < 4.78 is 5.27. The van der Waals surface area contributed by atoms with Gasteiger partial charge in [-0.3, -0.25) is 9.78 Å². The molecule has 0 radical (unpaired) electrons. The summed E-state index contributed by atoms with van der Waals surface area (Å²) in [7, 11) is 0. The van der Waals surface area contributed by atoms with Crippen molar-refractivity contribution in [1.29, 1.82) is 0 Å². The van der Waals surface area contributed by atoms with Crippen LogP contribution < -0.4 is 0 Å². The highest BCUT2D eigenvalue weighted by molar-refractivity contribution is 5.98. The number of amides is 2. The average Bonchev–Trinajstić information content (AvgIpc) is 2.82. The number of fused-ring (bicyclic) bond motifs is 1. The fourth-order valence-corrected chi connectivity index (χ4v) is 4.17. The van der Waals surface area contributed by atoms with Crippen LogP contribution in [0.5, 0.6) is 0 Å². The Hall–Kier alpha value is -3.48. The van der Waals surface area contributed by atoms with Crippen molar-refractivity contribution in [2.45, 2.75) is 40.2 Å². The second-order valence-corrected chi connectivity index (χ2v) is 8.65. The van der Waals surface area contributed by atoms with Gasteiger partial charge in [0.1, 0.15) is 0 Å². The molecule has 2 aromatic heterocycles. The minimum absolute atomic E-state index is 0.0489. The molecule has 2 amide bonds. The average molecular weight is 447 g/mol. The summed E-state index contributed by atoms with van der Waals surface area (Å²) >= 11 is 0. The third kappa shape index (κ3) is 4.82. The zero-order valence-electron chi connectivity index (χ0n) is 19.7. The molecule has 3 aromatic rings. The summed E-state index contributed by atoms with van der Waals surface area (Å²) in [6.45, 7) is 9.74. The molecule has 1 saturated heterocycles. The first-order chi connectivity index (χ1) is 15.9. The minimum atomic E-state index is -0.306. The van der Waals surface area contributed by atoms with Gasteiger partial charge in [0.15, 0.2) is 0 Å². The molecular formula is C26H30N4O3. The highest BCUT2D eigenvalue weighted by atomic mass is 16.6. The molecule has 0 spiro atoms. The molecular weight excluding hydrogens is 416 g/mol. The van der Waals surface area contributed by atoms with Crippen LogP contribution in [0.15, 0.2) is 42.6 Å². The van der Waals surface area contributed by atoms with Gasteiger partial charge < -0.3 is 14.5 Å². The largest absolute Gasteiger partial charge is 0.449 e. The van der Waals surface area contributed by atoms with Gasteiger partial charge in [0.05, 0.1) is 17.8 Å². The van der Waals surface area contributed by atoms with E-state index in [-0.39, 0.29) is 18.0 Å². The zero-order valence-corrected chi connectivity index (χ0v) is 19.7. The number of rotatable bonds is 4. The van der Waals surface area contributed by atoms with Gasteiger partial charge in [0.25, 0.3) is 5.91 Å². The number of ether oxygens (including phenoxy) is 1. The molecule has 7 heteroatoms. The Morgan fingerprint density at radius 3 is 2.64 bits per heavy atom. The highest BCUT2D eigenvalue weighted by Crippen LogP contribution is 2.26. The van der Waals surface area contributed by atoms with E-state index in [9.17, 15) is 9.59 Å². The molecule has 0 unspecified atom stereocenters. The van der Waals surface area contributed by atoms with Gasteiger partial charge in [-0.05, 0) is 63.1 Å². The summed E-state index contributed by atoms with van der Waals surface area (Å²) in [6, 6.07) is 11.6. The van der Waals surface area contributed by atoms with Crippen LogP contribution in [0, 0.1) is 13.8 Å². The molecule has 1 aromatic carbocycles. The van der Waals surface area contributed by atoms with Gasteiger partial charge in [0, 0.05) is 54.1 Å². The Balaban J connectivity index is 1.55. The quantitative estimate of drug-likeness (QED) is 0.585. The second-order valence-electron chi connectivity index (χ2n) is 8.65. The Labute approximate surface area is 194 Å². The van der Waals surface area contributed by atoms with Crippen LogP contribution in [0.25, 0.3) is 22.2 Å². The molecule has 1 aliphatic rings. The molecule has 0 bridgehead atoms. The van der Waals surface area contributed by atoms with Crippen molar-refractivity contribution in [3.63, 3.8) is 0 Å². The third-order valence-electron chi connectivity index (χ3n) is 6.05. The van der Waals surface area contributed by atoms with Crippen molar-refractivity contribution < 1.29 is 14.3 Å². The van der Waals surface area contributed by atoms with E-state index >= 15 is 0 Å². The van der Waals surface area contributed by atoms with Crippen LogP contribution in [-0.2, 0) is 4.74 Å². The number of hydrogen-bond acceptors (Lipinski definition) is 5. The summed E-state index contributed by atoms with van der Waals surface area (Å²) in [5.41, 5.74) is 5.22. The van der Waals surface area contributed by atoms with Crippen molar-refractivity contribution in [2.24, 2.45) is 0 Å². The molecule has 1 fully saturated rings. The Bertz CT molecular complexity index is 1180. The van der Waals surface area contributed by atoms with E-state index in [0.717, 1.165) is 39.8 Å². The van der Waals surface area contributed by atoms with Crippen LogP contribution in [0.3, 0.4) is 0 Å². The molecule has 172 valence electrons. The minimum Gasteiger partial charge on any atom is -0.449 e. The number of carbonyl (C=O) groups excluding carboxylic acids is 2. The van der Waals surface area contributed by atoms with Crippen LogP contribution in [0.1, 0.15) is 41.9 Å². The first kappa shape index (κ1) is 22.7. The summed E-state index contributed by atoms with van der Waals surface area (Å²) in [5.74, 6) is -0.0489. The lowest BCUT2D eigenvalue weighted by Gasteiger charge is -2.39. The van der Waals surface area contributed by atoms with Crippen molar-refractivity contribution in [3.05, 3.63) is 59.4 Å². The molecule has 33 heavy (non-hydrogen) atoms. The van der Waals surface area contributed by atoms with E-state index in [0.29, 0.717) is 31.8 Å². The monoisotopic (exact) mass is 446 g/mol. The lowest BCUT2D eigenvalue weighted by atomic mass is 10.0. The molecule has 4 rings (SSSR count). The van der Waals surface area contributed by atoms with Crippen LogP contribution in [0.2, 0.25) is 0 Å². The molecule has 7 nitrogen and oxygen atoms in total. The van der Waals surface area contributed by atoms with Gasteiger partial charge in [0.2, 0.25) is 0 Å². The molecule has 1 aliphatic heterocycles. The molecule has 0 N–H and O–H groups in total. The fraction of sp³-hybridized carbons (Fsp3) is 0.385. The normalized spacial score (nSPS) is 16.2. The maximum atomic E-state index is 13.3. The number of pyridine rings is 2. The van der Waals surface area contributed by atoms with Crippen molar-refractivity contribution in [3.8, 4) is 11.3 Å². The van der Waals surface area contributed by atoms with Crippen molar-refractivity contribution >= 4 is 22.9 Å². The van der Waals surface area contributed by atoms with Gasteiger partial charge in [-0.25, -0.2) is 9.78 Å². The topological polar surface area (TPSA) is 75.6 Å². The number of aromatic nitrogens is 2. The zero-order chi connectivity index (χ0) is 23.5. The Morgan fingerprint density at radius 2 is 1.94 bits per heavy atom. The van der Waals surface area contributed by atoms with Crippen molar-refractivity contribution in [2.75, 3.05) is 26.2 Å². The molecule has 0 aliphatic carbocycles. The molecule has 3 heterocycles. The van der Waals surface area contributed by atoms with E-state index in [4.69, 9.17) is 9.72 Å². The van der Waals surface area contributed by atoms with Gasteiger partial charge in [-0.1, -0.05) is 13.0 Å². The molecule has 0 saturated carbocycles. The second kappa shape index (κ2) is 9.57. The highest BCUT2D eigenvalue weighted by Gasteiger charge is 2.31. The van der Waals surface area contributed by atoms with E-state index in [1.165, 1.54) is 0 Å². The van der Waals surface area contributed by atoms with Gasteiger partial charge in [-0.2, -0.15) is 0 Å². The molecule has 1 atom stereocenters. The van der Waals surface area contributed by atoms with Crippen LogP contribution in [0.4, 0.5) is 4.79 Å². The standard InChI is InChI=1S/C26H30N4O3/c1-5-12-33-26(32)30-11-10-29(16-19(30)4)25(31)20-8-9-22-17(2)13-23(28-24(22)14-20)21-7-6-18(3)27-15-21/h6-9,13-15,19H,5,10-12,16H2,1-4H3/t19-/m1/s1. The fourth-order valence-electron chi connectivity index (χ4n) is 4.17. The van der Waals surface area contributed by atoms with E-state index in [1.807, 2.05) is 57.3 Å². The van der Waals surface area contributed by atoms with E-state index < -0.39 is 0 Å². The number of aryl methyl sites for hydroxylation is 2. The predicted molar refractivity (Wildman–Crippen MR) is 128 cm³/mol. The smallest absolute Gasteiger partial charge is 0.410 e. The van der Waals surface area contributed by atoms with E-state index in [1.54, 1.807) is 9.80 Å². The van der Waals surface area contributed by atoms with Crippen LogP contribution in [-0.4, -0.2) is 64.1 Å². The summed E-state index contributed by atoms with van der Waals surface area (Å²) in [4.78, 5) is 38.2. The van der Waals surface area contributed by atoms with Gasteiger partial charge >= 0.3 is 6.09 Å². The first-order valence-corrected chi connectivity index (χ1v) is 11.4. The summed E-state index contributed by atoms with van der Waals surface area (Å²) in [6.07, 6.45) is 2.31. The number of nitrogens with zero attached hydrogens (tertiary/aromatic N) is 4. The number of hydrogen-bond donors (Lipinski definition) is 0. The predicted octanol–water partition coefficient (Wildman–Crippen LogP) is 4.61. The Kier molecular flexibility index (Phi) is 6.58. The lowest BCUT2D eigenvalue weighted by molar-refractivity contribution is 0.0412. The third-order valence-corrected chi connectivity index (χ3v) is 6.05. The number of carbonyl (C=O) groups is 2. The SMILES string of the molecule is CCCOC(=O)N1CCN(C(=O)c2ccc3c(C)cc(-c4ccc(C)nc4)nc3c2)C[C@H]1C. The maximum Gasteiger partial charge on any atom is 0.410 e. The maximum absolute atomic E-state index is 13.3. The summed E-state index contributed by atoms with van der Waals surface area (Å²) in [5, 5.41) is 1.02. The number of piperazine rings is 1. The van der Waals surface area contributed by atoms with Crippen molar-refractivity contribution in [1.82, 2.24) is 19.8 Å². The van der Waals surface area contributed by atoms with E-state index in [2.05, 4.69) is 18.0 Å². The lowest BCUT2D eigenvalue weighted by Crippen LogP contribution is -2.55.